The van der Waals surface area contributed by atoms with Crippen molar-refractivity contribution in [2.24, 2.45) is 0 Å². The van der Waals surface area contributed by atoms with E-state index in [0.717, 1.165) is 82.4 Å². The monoisotopic (exact) mass is 654 g/mol. The van der Waals surface area contributed by atoms with E-state index in [-0.39, 0.29) is 0 Å². The summed E-state index contributed by atoms with van der Waals surface area (Å²) in [7, 11) is 0. The Morgan fingerprint density at radius 2 is 0.961 bits per heavy atom. The molecule has 6 aromatic carbocycles. The molecule has 0 aliphatic heterocycles. The average Bonchev–Trinajstić information content (AvgIpc) is 3.86. The second kappa shape index (κ2) is 10.7. The topological polar surface area (TPSA) is 74.6 Å². The van der Waals surface area contributed by atoms with Gasteiger partial charge < -0.3 is 8.98 Å². The van der Waals surface area contributed by atoms with E-state index in [9.17, 15) is 0 Å². The Morgan fingerprint density at radius 1 is 0.412 bits per heavy atom. The maximum Gasteiger partial charge on any atom is 0.238 e. The zero-order valence-electron chi connectivity index (χ0n) is 27.1. The number of nitrogens with zero attached hydrogens (tertiary/aromatic N) is 6. The highest BCUT2D eigenvalue weighted by atomic mass is 16.3. The van der Waals surface area contributed by atoms with Crippen LogP contribution in [0.4, 0.5) is 0 Å². The van der Waals surface area contributed by atoms with Gasteiger partial charge in [0.15, 0.2) is 11.6 Å². The molecule has 11 aromatic rings. The van der Waals surface area contributed by atoms with Crippen molar-refractivity contribution >= 4 is 65.6 Å². The van der Waals surface area contributed by atoms with Gasteiger partial charge >= 0.3 is 0 Å². The summed E-state index contributed by atoms with van der Waals surface area (Å²) in [6.07, 6.45) is 3.77. The van der Waals surface area contributed by atoms with Crippen molar-refractivity contribution in [1.29, 1.82) is 0 Å². The Bertz CT molecular complexity index is 3060. The van der Waals surface area contributed by atoms with Gasteiger partial charge in [-0.15, -0.1) is 0 Å². The van der Waals surface area contributed by atoms with Crippen LogP contribution >= 0.6 is 0 Å². The average molecular weight is 655 g/mol. The van der Waals surface area contributed by atoms with Crippen molar-refractivity contribution in [3.63, 3.8) is 0 Å². The minimum absolute atomic E-state index is 0.527. The number of furan rings is 1. The molecule has 0 saturated heterocycles. The van der Waals surface area contributed by atoms with Crippen LogP contribution in [0.15, 0.2) is 162 Å². The third kappa shape index (κ3) is 4.06. The molecule has 5 aromatic heterocycles. The Morgan fingerprint density at radius 3 is 1.71 bits per heavy atom. The van der Waals surface area contributed by atoms with E-state index >= 15 is 0 Å². The molecule has 0 saturated carbocycles. The van der Waals surface area contributed by atoms with Crippen LogP contribution in [0.25, 0.3) is 100.0 Å². The highest BCUT2D eigenvalue weighted by Gasteiger charge is 2.22. The molecule has 0 N–H and O–H groups in total. The summed E-state index contributed by atoms with van der Waals surface area (Å²) in [5.74, 6) is 1.61. The molecule has 0 aliphatic rings. The molecule has 0 unspecified atom stereocenters. The van der Waals surface area contributed by atoms with E-state index in [2.05, 4.69) is 123 Å². The molecule has 7 nitrogen and oxygen atoms in total. The molecule has 0 spiro atoms. The number of fused-ring (bicyclic) bond motifs is 9. The molecule has 0 fully saturated rings. The molecule has 238 valence electrons. The van der Waals surface area contributed by atoms with Crippen LogP contribution in [0.2, 0.25) is 0 Å². The number of rotatable bonds is 4. The minimum atomic E-state index is 0.527. The highest BCUT2D eigenvalue weighted by Crippen LogP contribution is 2.39. The van der Waals surface area contributed by atoms with Crippen molar-refractivity contribution in [3.8, 4) is 34.4 Å². The van der Waals surface area contributed by atoms with Gasteiger partial charge in [-0.05, 0) is 48.5 Å². The third-order valence-electron chi connectivity index (χ3n) is 9.91. The molecule has 0 aliphatic carbocycles. The Labute approximate surface area is 290 Å². The van der Waals surface area contributed by atoms with Crippen LogP contribution in [0.5, 0.6) is 0 Å². The second-order valence-electron chi connectivity index (χ2n) is 12.7. The molecular formula is C44H26N6O. The summed E-state index contributed by atoms with van der Waals surface area (Å²) in [6.45, 7) is 0. The van der Waals surface area contributed by atoms with E-state index in [1.54, 1.807) is 0 Å². The molecule has 0 bridgehead atoms. The van der Waals surface area contributed by atoms with Gasteiger partial charge in [-0.1, -0.05) is 97.1 Å². The predicted octanol–water partition coefficient (Wildman–Crippen LogP) is 10.7. The minimum Gasteiger partial charge on any atom is -0.455 e. The van der Waals surface area contributed by atoms with E-state index in [1.807, 2.05) is 48.8 Å². The maximum absolute atomic E-state index is 6.52. The van der Waals surface area contributed by atoms with Gasteiger partial charge in [0.2, 0.25) is 5.95 Å². The van der Waals surface area contributed by atoms with Crippen LogP contribution in [0.1, 0.15) is 0 Å². The maximum atomic E-state index is 6.52. The summed E-state index contributed by atoms with van der Waals surface area (Å²) in [4.78, 5) is 20.4. The second-order valence-corrected chi connectivity index (χ2v) is 12.7. The zero-order valence-corrected chi connectivity index (χ0v) is 27.1. The Hall–Kier alpha value is -7.12. The van der Waals surface area contributed by atoms with E-state index in [0.29, 0.717) is 17.6 Å². The van der Waals surface area contributed by atoms with Crippen LogP contribution in [-0.4, -0.2) is 29.1 Å². The van der Waals surface area contributed by atoms with Crippen molar-refractivity contribution in [1.82, 2.24) is 29.1 Å². The molecule has 0 atom stereocenters. The molecule has 7 heteroatoms. The first kappa shape index (κ1) is 27.8. The SMILES string of the molecule is c1ccc(-n2c3ccccc3c3ccncc32)c(-c2nc(-c3cccc4c3oc3ccccc34)nc(-n3c4ccccc4c4ccccc43)n2)c1. The lowest BCUT2D eigenvalue weighted by molar-refractivity contribution is 0.669. The molecule has 5 heterocycles. The lowest BCUT2D eigenvalue weighted by Crippen LogP contribution is -2.08. The van der Waals surface area contributed by atoms with E-state index in [1.165, 1.54) is 0 Å². The van der Waals surface area contributed by atoms with Gasteiger partial charge in [0.1, 0.15) is 11.2 Å². The zero-order chi connectivity index (χ0) is 33.5. The normalized spacial score (nSPS) is 11.9. The lowest BCUT2D eigenvalue weighted by Gasteiger charge is -2.15. The smallest absolute Gasteiger partial charge is 0.238 e. The van der Waals surface area contributed by atoms with Crippen LogP contribution < -0.4 is 0 Å². The molecule has 0 amide bonds. The summed E-state index contributed by atoms with van der Waals surface area (Å²) in [6, 6.07) is 49.9. The largest absolute Gasteiger partial charge is 0.455 e. The summed E-state index contributed by atoms with van der Waals surface area (Å²) < 4.78 is 10.9. The molecule has 11 rings (SSSR count). The highest BCUT2D eigenvalue weighted by molar-refractivity contribution is 6.11. The number of hydrogen-bond acceptors (Lipinski definition) is 5. The number of aromatic nitrogens is 6. The fourth-order valence-corrected chi connectivity index (χ4v) is 7.70. The van der Waals surface area contributed by atoms with Crippen LogP contribution in [0, 0.1) is 0 Å². The standard InChI is InChI=1S/C44H26N6O/c1-6-19-35-29(14-1)30-24-25-45-26-39(30)49(35)38-22-9-4-16-33(38)42-46-43(34-18-11-17-32-31-15-5-10-23-40(31)51-41(32)34)48-44(47-42)50-36-20-7-2-12-27(36)28-13-3-8-21-37(28)50/h1-26H. The fourth-order valence-electron chi connectivity index (χ4n) is 7.70. The van der Waals surface area contributed by atoms with Gasteiger partial charge in [-0.25, -0.2) is 4.98 Å². The fraction of sp³-hybridized carbons (Fsp3) is 0. The lowest BCUT2D eigenvalue weighted by atomic mass is 10.1. The molecular weight excluding hydrogens is 629 g/mol. The molecule has 51 heavy (non-hydrogen) atoms. The molecule has 0 radical (unpaired) electrons. The quantitative estimate of drug-likeness (QED) is 0.189. The predicted molar refractivity (Wildman–Crippen MR) is 204 cm³/mol. The van der Waals surface area contributed by atoms with Crippen molar-refractivity contribution in [3.05, 3.63) is 158 Å². The van der Waals surface area contributed by atoms with Crippen LogP contribution in [0.3, 0.4) is 0 Å². The first-order chi connectivity index (χ1) is 25.3. The van der Waals surface area contributed by atoms with Gasteiger partial charge in [-0.3, -0.25) is 9.55 Å². The van der Waals surface area contributed by atoms with Crippen molar-refractivity contribution in [2.75, 3.05) is 0 Å². The summed E-state index contributed by atoms with van der Waals surface area (Å²) in [5, 5.41) is 6.62. The number of para-hydroxylation sites is 6. The number of hydrogen-bond donors (Lipinski definition) is 0. The van der Waals surface area contributed by atoms with Gasteiger partial charge in [0.25, 0.3) is 0 Å². The van der Waals surface area contributed by atoms with Gasteiger partial charge in [0, 0.05) is 44.1 Å². The van der Waals surface area contributed by atoms with Crippen LogP contribution in [-0.2, 0) is 0 Å². The first-order valence-corrected chi connectivity index (χ1v) is 16.9. The summed E-state index contributed by atoms with van der Waals surface area (Å²) >= 11 is 0. The number of benzene rings is 6. The van der Waals surface area contributed by atoms with Crippen molar-refractivity contribution in [2.45, 2.75) is 0 Å². The van der Waals surface area contributed by atoms with Gasteiger partial charge in [0.05, 0.1) is 39.5 Å². The van der Waals surface area contributed by atoms with Gasteiger partial charge in [-0.2, -0.15) is 9.97 Å². The van der Waals surface area contributed by atoms with Crippen molar-refractivity contribution < 1.29 is 4.42 Å². The number of pyridine rings is 1. The third-order valence-corrected chi connectivity index (χ3v) is 9.91. The Kier molecular flexibility index (Phi) is 5.83. The van der Waals surface area contributed by atoms with E-state index in [4.69, 9.17) is 19.4 Å². The first-order valence-electron chi connectivity index (χ1n) is 16.9. The summed E-state index contributed by atoms with van der Waals surface area (Å²) in [5.41, 5.74) is 8.30. The Balaban J connectivity index is 1.24. The van der Waals surface area contributed by atoms with E-state index < -0.39 is 0 Å².